The number of hydrogen-bond acceptors (Lipinski definition) is 4. The summed E-state index contributed by atoms with van der Waals surface area (Å²) in [5, 5.41) is 6.62. The molecule has 2 heterocycles. The van der Waals surface area contributed by atoms with Crippen molar-refractivity contribution in [3.8, 4) is 11.6 Å². The molecular weight excluding hydrogens is 210 g/mol. The lowest BCUT2D eigenvalue weighted by Crippen LogP contribution is -1.89. The number of aromatic nitrogens is 3. The van der Waals surface area contributed by atoms with Gasteiger partial charge in [-0.1, -0.05) is 24.9 Å². The molecule has 0 fully saturated rings. The highest BCUT2D eigenvalue weighted by atomic mass is 32.2. The van der Waals surface area contributed by atoms with E-state index < -0.39 is 0 Å². The molecule has 0 aliphatic carbocycles. The third-order valence-corrected chi connectivity index (χ3v) is 2.36. The molecule has 2 aromatic rings. The van der Waals surface area contributed by atoms with Crippen LogP contribution < -0.4 is 0 Å². The first-order valence-electron chi connectivity index (χ1n) is 4.25. The minimum Gasteiger partial charge on any atom is -0.461 e. The Balaban J connectivity index is 2.42. The number of furan rings is 1. The SMILES string of the molecule is C=CSc1nc(-c2ccco2)nn1C=C. The Labute approximate surface area is 91.3 Å². The Hall–Kier alpha value is -1.75. The van der Waals surface area contributed by atoms with E-state index in [9.17, 15) is 0 Å². The summed E-state index contributed by atoms with van der Waals surface area (Å²) in [4.78, 5) is 4.29. The topological polar surface area (TPSA) is 43.9 Å². The predicted molar refractivity (Wildman–Crippen MR) is 60.2 cm³/mol. The van der Waals surface area contributed by atoms with Crippen molar-refractivity contribution in [1.82, 2.24) is 14.8 Å². The Morgan fingerprint density at radius 3 is 2.93 bits per heavy atom. The molecule has 5 heteroatoms. The van der Waals surface area contributed by atoms with Gasteiger partial charge in [-0.2, -0.15) is 4.98 Å². The molecule has 0 saturated heterocycles. The van der Waals surface area contributed by atoms with E-state index in [1.807, 2.05) is 6.07 Å². The second-order valence-corrected chi connectivity index (χ2v) is 3.54. The van der Waals surface area contributed by atoms with Crippen LogP contribution in [0.3, 0.4) is 0 Å². The summed E-state index contributed by atoms with van der Waals surface area (Å²) in [6.45, 7) is 7.28. The highest BCUT2D eigenvalue weighted by molar-refractivity contribution is 8.02. The molecule has 0 aromatic carbocycles. The molecule has 76 valence electrons. The zero-order valence-electron chi connectivity index (χ0n) is 7.96. The van der Waals surface area contributed by atoms with E-state index in [1.165, 1.54) is 11.8 Å². The van der Waals surface area contributed by atoms with Crippen LogP contribution in [0.15, 0.2) is 46.5 Å². The van der Waals surface area contributed by atoms with Gasteiger partial charge < -0.3 is 4.42 Å². The molecule has 0 atom stereocenters. The summed E-state index contributed by atoms with van der Waals surface area (Å²) in [5.41, 5.74) is 0. The fourth-order valence-electron chi connectivity index (χ4n) is 1.09. The standard InChI is InChI=1S/C10H9N3OS/c1-3-13-10(15-4-2)11-9(12-13)8-6-5-7-14-8/h3-7H,1-2H2. The van der Waals surface area contributed by atoms with Gasteiger partial charge in [0.2, 0.25) is 5.82 Å². The second kappa shape index (κ2) is 4.18. The van der Waals surface area contributed by atoms with E-state index >= 15 is 0 Å². The van der Waals surface area contributed by atoms with Gasteiger partial charge in [-0.15, -0.1) is 5.10 Å². The van der Waals surface area contributed by atoms with Crippen LogP contribution in [0.25, 0.3) is 17.8 Å². The Morgan fingerprint density at radius 1 is 1.47 bits per heavy atom. The third-order valence-electron chi connectivity index (χ3n) is 1.70. The highest BCUT2D eigenvalue weighted by Gasteiger charge is 2.11. The molecule has 0 aliphatic rings. The Bertz CT molecular complexity index is 473. The monoisotopic (exact) mass is 219 g/mol. The summed E-state index contributed by atoms with van der Waals surface area (Å²) >= 11 is 1.38. The third kappa shape index (κ3) is 1.87. The van der Waals surface area contributed by atoms with Crippen molar-refractivity contribution in [1.29, 1.82) is 0 Å². The van der Waals surface area contributed by atoms with Gasteiger partial charge >= 0.3 is 0 Å². The summed E-state index contributed by atoms with van der Waals surface area (Å²) in [7, 11) is 0. The van der Waals surface area contributed by atoms with Crippen LogP contribution in [0.2, 0.25) is 0 Å². The van der Waals surface area contributed by atoms with Gasteiger partial charge in [0.1, 0.15) is 0 Å². The molecule has 0 radical (unpaired) electrons. The number of thioether (sulfide) groups is 1. The molecular formula is C10H9N3OS. The lowest BCUT2D eigenvalue weighted by atomic mass is 10.4. The summed E-state index contributed by atoms with van der Waals surface area (Å²) in [5.74, 6) is 1.19. The largest absolute Gasteiger partial charge is 0.461 e. The molecule has 0 bridgehead atoms. The zero-order chi connectivity index (χ0) is 10.7. The van der Waals surface area contributed by atoms with E-state index in [2.05, 4.69) is 23.2 Å². The Kier molecular flexibility index (Phi) is 2.73. The first-order chi connectivity index (χ1) is 7.35. The van der Waals surface area contributed by atoms with Crippen LogP contribution in [-0.4, -0.2) is 14.8 Å². The molecule has 0 unspecified atom stereocenters. The second-order valence-electron chi connectivity index (χ2n) is 2.61. The first-order valence-corrected chi connectivity index (χ1v) is 5.13. The fraction of sp³-hybridized carbons (Fsp3) is 0. The van der Waals surface area contributed by atoms with Gasteiger partial charge in [-0.3, -0.25) is 0 Å². The van der Waals surface area contributed by atoms with Crippen LogP contribution in [-0.2, 0) is 0 Å². The van der Waals surface area contributed by atoms with Crippen molar-refractivity contribution in [2.45, 2.75) is 5.16 Å². The summed E-state index contributed by atoms with van der Waals surface area (Å²) in [6.07, 6.45) is 3.18. The summed E-state index contributed by atoms with van der Waals surface area (Å²) < 4.78 is 6.79. The van der Waals surface area contributed by atoms with E-state index in [1.54, 1.807) is 28.6 Å². The lowest BCUT2D eigenvalue weighted by molar-refractivity contribution is 0.577. The maximum Gasteiger partial charge on any atom is 0.218 e. The van der Waals surface area contributed by atoms with Crippen LogP contribution in [0, 0.1) is 0 Å². The number of nitrogens with zero attached hydrogens (tertiary/aromatic N) is 3. The minimum atomic E-state index is 0.546. The molecule has 2 rings (SSSR count). The van der Waals surface area contributed by atoms with Gasteiger partial charge in [-0.05, 0) is 17.5 Å². The van der Waals surface area contributed by atoms with Gasteiger partial charge in [0, 0.05) is 6.20 Å². The molecule has 2 aromatic heterocycles. The molecule has 0 spiro atoms. The highest BCUT2D eigenvalue weighted by Crippen LogP contribution is 2.22. The minimum absolute atomic E-state index is 0.546. The van der Waals surface area contributed by atoms with Crippen LogP contribution in [0.4, 0.5) is 0 Å². The molecule has 15 heavy (non-hydrogen) atoms. The van der Waals surface area contributed by atoms with E-state index in [-0.39, 0.29) is 0 Å². The van der Waals surface area contributed by atoms with Crippen LogP contribution in [0.1, 0.15) is 0 Å². The number of hydrogen-bond donors (Lipinski definition) is 0. The lowest BCUT2D eigenvalue weighted by Gasteiger charge is -1.92. The van der Waals surface area contributed by atoms with Gasteiger partial charge in [-0.25, -0.2) is 4.68 Å². The summed E-state index contributed by atoms with van der Waals surface area (Å²) in [6, 6.07) is 3.61. The van der Waals surface area contributed by atoms with Gasteiger partial charge in [0.05, 0.1) is 6.26 Å². The Morgan fingerprint density at radius 2 is 2.33 bits per heavy atom. The maximum atomic E-state index is 5.20. The van der Waals surface area contributed by atoms with Crippen LogP contribution >= 0.6 is 11.8 Å². The van der Waals surface area contributed by atoms with E-state index in [0.717, 1.165) is 0 Å². The van der Waals surface area contributed by atoms with Crippen molar-refractivity contribution < 1.29 is 4.42 Å². The molecule has 4 nitrogen and oxygen atoms in total. The maximum absolute atomic E-state index is 5.20. The van der Waals surface area contributed by atoms with Gasteiger partial charge in [0.25, 0.3) is 0 Å². The predicted octanol–water partition coefficient (Wildman–Crippen LogP) is 2.87. The normalized spacial score (nSPS) is 10.1. The van der Waals surface area contributed by atoms with Crippen LogP contribution in [0.5, 0.6) is 0 Å². The van der Waals surface area contributed by atoms with Crippen molar-refractivity contribution in [3.05, 3.63) is 37.0 Å². The average Bonchev–Trinajstić information content (AvgIpc) is 2.84. The molecule has 0 N–H and O–H groups in total. The number of rotatable bonds is 4. The van der Waals surface area contributed by atoms with Crippen molar-refractivity contribution in [2.24, 2.45) is 0 Å². The molecule has 0 saturated carbocycles. The van der Waals surface area contributed by atoms with E-state index in [4.69, 9.17) is 4.42 Å². The van der Waals surface area contributed by atoms with Crippen molar-refractivity contribution in [3.63, 3.8) is 0 Å². The smallest absolute Gasteiger partial charge is 0.218 e. The molecule has 0 amide bonds. The fourth-order valence-corrected chi connectivity index (χ4v) is 1.60. The van der Waals surface area contributed by atoms with Gasteiger partial charge in [0.15, 0.2) is 10.9 Å². The first kappa shape index (κ1) is 9.79. The average molecular weight is 219 g/mol. The van der Waals surface area contributed by atoms with Crippen molar-refractivity contribution in [2.75, 3.05) is 0 Å². The van der Waals surface area contributed by atoms with E-state index in [0.29, 0.717) is 16.7 Å². The quantitative estimate of drug-likeness (QED) is 0.741. The van der Waals surface area contributed by atoms with Crippen molar-refractivity contribution >= 4 is 18.0 Å². The molecule has 0 aliphatic heterocycles. The zero-order valence-corrected chi connectivity index (χ0v) is 8.78.